The molecule has 1 saturated heterocycles. The number of rotatable bonds is 4. The van der Waals surface area contributed by atoms with Gasteiger partial charge >= 0.3 is 0 Å². The van der Waals surface area contributed by atoms with Crippen molar-refractivity contribution in [2.45, 2.75) is 26.7 Å². The van der Waals surface area contributed by atoms with E-state index in [-0.39, 0.29) is 0 Å². The average Bonchev–Trinajstić information content (AvgIpc) is 2.18. The number of hydrogen-bond donors (Lipinski definition) is 1. The number of likely N-dealkylation sites (tertiary alicyclic amines) is 1. The fourth-order valence-corrected chi connectivity index (χ4v) is 2.24. The summed E-state index contributed by atoms with van der Waals surface area (Å²) in [4.78, 5) is 2.51. The molecular weight excluding hydrogens is 190 g/mol. The zero-order chi connectivity index (χ0) is 10.6. The molecule has 0 aromatic rings. The zero-order valence-corrected chi connectivity index (χ0v) is 10.4. The lowest BCUT2D eigenvalue weighted by Crippen LogP contribution is -2.36. The molecule has 0 unspecified atom stereocenters. The van der Waals surface area contributed by atoms with E-state index in [1.54, 1.807) is 0 Å². The third-order valence-electron chi connectivity index (χ3n) is 3.25. The molecule has 82 valence electrons. The van der Waals surface area contributed by atoms with Crippen molar-refractivity contribution in [1.29, 1.82) is 0 Å². The molecule has 14 heavy (non-hydrogen) atoms. The van der Waals surface area contributed by atoms with Crippen LogP contribution in [0.3, 0.4) is 0 Å². The molecule has 0 bridgehead atoms. The largest absolute Gasteiger partial charge is 0.299 e. The van der Waals surface area contributed by atoms with Crippen molar-refractivity contribution < 1.29 is 0 Å². The zero-order valence-electron chi connectivity index (χ0n) is 9.50. The molecule has 0 saturated carbocycles. The van der Waals surface area contributed by atoms with E-state index in [1.807, 2.05) is 0 Å². The number of piperidine rings is 1. The first-order chi connectivity index (χ1) is 6.63. The van der Waals surface area contributed by atoms with Gasteiger partial charge in [-0.05, 0) is 37.8 Å². The Morgan fingerprint density at radius 1 is 1.43 bits per heavy atom. The summed E-state index contributed by atoms with van der Waals surface area (Å²) in [5.74, 6) is 2.62. The van der Waals surface area contributed by atoms with Crippen molar-refractivity contribution in [3.63, 3.8) is 0 Å². The molecule has 0 radical (unpaired) electrons. The second-order valence-electron chi connectivity index (χ2n) is 4.77. The highest BCUT2D eigenvalue weighted by molar-refractivity contribution is 7.80. The molecule has 1 aliphatic heterocycles. The summed E-state index contributed by atoms with van der Waals surface area (Å²) in [5, 5.41) is 0. The summed E-state index contributed by atoms with van der Waals surface area (Å²) in [5.41, 5.74) is 1.25. The summed E-state index contributed by atoms with van der Waals surface area (Å²) < 4.78 is 0. The van der Waals surface area contributed by atoms with Crippen molar-refractivity contribution in [1.82, 2.24) is 4.90 Å². The first-order valence-corrected chi connectivity index (χ1v) is 6.26. The third kappa shape index (κ3) is 3.66. The fraction of sp³-hybridized carbons (Fsp3) is 0.833. The smallest absolute Gasteiger partial charge is 0.0198 e. The predicted molar refractivity (Wildman–Crippen MR) is 67.0 cm³/mol. The van der Waals surface area contributed by atoms with Crippen molar-refractivity contribution in [3.05, 3.63) is 12.2 Å². The van der Waals surface area contributed by atoms with E-state index < -0.39 is 0 Å². The minimum absolute atomic E-state index is 0.824. The van der Waals surface area contributed by atoms with Gasteiger partial charge in [0.05, 0.1) is 0 Å². The summed E-state index contributed by atoms with van der Waals surface area (Å²) in [7, 11) is 0. The average molecular weight is 213 g/mol. The lowest BCUT2D eigenvalue weighted by molar-refractivity contribution is 0.168. The van der Waals surface area contributed by atoms with Crippen molar-refractivity contribution in [3.8, 4) is 0 Å². The number of thiol groups is 1. The molecule has 2 heteroatoms. The minimum Gasteiger partial charge on any atom is -0.299 e. The van der Waals surface area contributed by atoms with Gasteiger partial charge in [0, 0.05) is 12.3 Å². The van der Waals surface area contributed by atoms with Gasteiger partial charge < -0.3 is 0 Å². The Labute approximate surface area is 94.0 Å². The first-order valence-electron chi connectivity index (χ1n) is 5.63. The topological polar surface area (TPSA) is 3.24 Å². The second-order valence-corrected chi connectivity index (χ2v) is 5.08. The van der Waals surface area contributed by atoms with Gasteiger partial charge in [0.2, 0.25) is 0 Å². The molecule has 0 aromatic heterocycles. The Morgan fingerprint density at radius 3 is 2.43 bits per heavy atom. The quantitative estimate of drug-likeness (QED) is 0.555. The van der Waals surface area contributed by atoms with Crippen LogP contribution in [0.5, 0.6) is 0 Å². The Bertz CT molecular complexity index is 181. The summed E-state index contributed by atoms with van der Waals surface area (Å²) >= 11 is 4.24. The molecule has 0 atom stereocenters. The fourth-order valence-electron chi connectivity index (χ4n) is 2.14. The predicted octanol–water partition coefficient (Wildman–Crippen LogP) is 2.84. The Kier molecular flexibility index (Phi) is 5.04. The highest BCUT2D eigenvalue weighted by Crippen LogP contribution is 2.24. The summed E-state index contributed by atoms with van der Waals surface area (Å²) in [6.07, 6.45) is 2.72. The maximum Gasteiger partial charge on any atom is 0.0198 e. The van der Waals surface area contributed by atoms with Crippen molar-refractivity contribution in [2.75, 3.05) is 25.4 Å². The van der Waals surface area contributed by atoms with E-state index in [4.69, 9.17) is 0 Å². The van der Waals surface area contributed by atoms with Crippen LogP contribution >= 0.6 is 12.6 Å². The van der Waals surface area contributed by atoms with Crippen LogP contribution in [0.25, 0.3) is 0 Å². The van der Waals surface area contributed by atoms with Gasteiger partial charge in [0.15, 0.2) is 0 Å². The lowest BCUT2D eigenvalue weighted by Gasteiger charge is -2.34. The van der Waals surface area contributed by atoms with Crippen LogP contribution in [-0.4, -0.2) is 30.3 Å². The molecule has 0 aliphatic carbocycles. The summed E-state index contributed by atoms with van der Waals surface area (Å²) in [6.45, 7) is 12.2. The summed E-state index contributed by atoms with van der Waals surface area (Å²) in [6, 6.07) is 0. The van der Waals surface area contributed by atoms with Gasteiger partial charge in [-0.15, -0.1) is 0 Å². The van der Waals surface area contributed by atoms with Gasteiger partial charge in [-0.25, -0.2) is 0 Å². The van der Waals surface area contributed by atoms with E-state index in [0.717, 1.165) is 24.1 Å². The Hall–Kier alpha value is 0.0500. The van der Waals surface area contributed by atoms with Gasteiger partial charge in [0.1, 0.15) is 0 Å². The van der Waals surface area contributed by atoms with E-state index in [2.05, 4.69) is 38.0 Å². The van der Waals surface area contributed by atoms with Crippen LogP contribution in [0, 0.1) is 11.8 Å². The van der Waals surface area contributed by atoms with Crippen LogP contribution < -0.4 is 0 Å². The Morgan fingerprint density at radius 2 is 2.00 bits per heavy atom. The van der Waals surface area contributed by atoms with Crippen LogP contribution in [0.1, 0.15) is 26.7 Å². The van der Waals surface area contributed by atoms with Gasteiger partial charge in [-0.1, -0.05) is 26.0 Å². The van der Waals surface area contributed by atoms with Crippen LogP contribution in [0.15, 0.2) is 12.2 Å². The molecule has 1 fully saturated rings. The number of hydrogen-bond acceptors (Lipinski definition) is 2. The molecule has 0 amide bonds. The Balaban J connectivity index is 2.25. The van der Waals surface area contributed by atoms with Crippen LogP contribution in [-0.2, 0) is 0 Å². The van der Waals surface area contributed by atoms with E-state index in [0.29, 0.717) is 0 Å². The molecule has 1 heterocycles. The van der Waals surface area contributed by atoms with Gasteiger partial charge in [0.25, 0.3) is 0 Å². The second kappa shape index (κ2) is 5.82. The molecule has 0 aromatic carbocycles. The van der Waals surface area contributed by atoms with Gasteiger partial charge in [-0.2, -0.15) is 12.6 Å². The highest BCUT2D eigenvalue weighted by Gasteiger charge is 2.21. The van der Waals surface area contributed by atoms with Crippen molar-refractivity contribution in [2.24, 2.45) is 11.8 Å². The lowest BCUT2D eigenvalue weighted by atomic mass is 9.86. The van der Waals surface area contributed by atoms with E-state index in [1.165, 1.54) is 31.5 Å². The maximum absolute atomic E-state index is 4.24. The number of nitrogens with zero attached hydrogens (tertiary/aromatic N) is 1. The van der Waals surface area contributed by atoms with E-state index in [9.17, 15) is 0 Å². The minimum atomic E-state index is 0.824. The molecule has 1 nitrogen and oxygen atoms in total. The third-order valence-corrected chi connectivity index (χ3v) is 3.69. The SMILES string of the molecule is C=C(CS)CN1CCC(C(C)C)CC1. The normalized spacial score (nSPS) is 20.3. The molecule has 1 rings (SSSR count). The molecule has 1 aliphatic rings. The van der Waals surface area contributed by atoms with E-state index >= 15 is 0 Å². The molecule has 0 spiro atoms. The molecular formula is C12H23NS. The monoisotopic (exact) mass is 213 g/mol. The first kappa shape index (κ1) is 12.1. The highest BCUT2D eigenvalue weighted by atomic mass is 32.1. The maximum atomic E-state index is 4.24. The van der Waals surface area contributed by atoms with Crippen molar-refractivity contribution >= 4 is 12.6 Å². The van der Waals surface area contributed by atoms with Crippen LogP contribution in [0.4, 0.5) is 0 Å². The van der Waals surface area contributed by atoms with Crippen LogP contribution in [0.2, 0.25) is 0 Å². The standard InChI is InChI=1S/C12H23NS/c1-10(2)12-4-6-13(7-5-12)8-11(3)9-14/h10,12,14H,3-9H2,1-2H3. The van der Waals surface area contributed by atoms with Gasteiger partial charge in [-0.3, -0.25) is 4.90 Å². The molecule has 0 N–H and O–H groups in total.